The van der Waals surface area contributed by atoms with Gasteiger partial charge in [0.2, 0.25) is 0 Å². The van der Waals surface area contributed by atoms with Gasteiger partial charge in [0, 0.05) is 6.08 Å². The van der Waals surface area contributed by atoms with Crippen LogP contribution in [0.5, 0.6) is 5.75 Å². The van der Waals surface area contributed by atoms with Crippen LogP contribution in [0.25, 0.3) is 6.08 Å². The number of hydrogen-bond acceptors (Lipinski definition) is 4. The smallest absolute Gasteiger partial charge is 0.331 e. The maximum absolute atomic E-state index is 11.8. The summed E-state index contributed by atoms with van der Waals surface area (Å²) in [5.41, 5.74) is 1.15. The number of amides is 1. The van der Waals surface area contributed by atoms with E-state index in [-0.39, 0.29) is 5.02 Å². The van der Waals surface area contributed by atoms with E-state index in [0.717, 1.165) is 11.3 Å². The van der Waals surface area contributed by atoms with E-state index in [1.807, 2.05) is 0 Å². The Balaban J connectivity index is 1.83. The van der Waals surface area contributed by atoms with Crippen LogP contribution in [-0.4, -0.2) is 25.6 Å². The van der Waals surface area contributed by atoms with Crippen LogP contribution >= 0.6 is 23.2 Å². The van der Waals surface area contributed by atoms with Crippen LogP contribution in [0, 0.1) is 0 Å². The van der Waals surface area contributed by atoms with Gasteiger partial charge in [-0.15, -0.1) is 0 Å². The molecule has 0 saturated heterocycles. The molecule has 2 rings (SSSR count). The van der Waals surface area contributed by atoms with Crippen molar-refractivity contribution in [1.82, 2.24) is 0 Å². The zero-order chi connectivity index (χ0) is 18.2. The van der Waals surface area contributed by atoms with Crippen LogP contribution in [0.4, 0.5) is 5.69 Å². The van der Waals surface area contributed by atoms with Crippen molar-refractivity contribution in [1.29, 1.82) is 0 Å². The van der Waals surface area contributed by atoms with Gasteiger partial charge in [0.15, 0.2) is 6.61 Å². The average Bonchev–Trinajstić information content (AvgIpc) is 2.62. The van der Waals surface area contributed by atoms with Gasteiger partial charge in [-0.3, -0.25) is 4.79 Å². The largest absolute Gasteiger partial charge is 0.497 e. The van der Waals surface area contributed by atoms with E-state index >= 15 is 0 Å². The molecule has 0 aromatic heterocycles. The quantitative estimate of drug-likeness (QED) is 0.603. The normalized spacial score (nSPS) is 10.5. The summed E-state index contributed by atoms with van der Waals surface area (Å²) in [6, 6.07) is 12.0. The second kappa shape index (κ2) is 9.11. The van der Waals surface area contributed by atoms with Crippen LogP contribution in [0.3, 0.4) is 0 Å². The Morgan fingerprint density at radius 1 is 1.12 bits per heavy atom. The molecule has 0 unspecified atom stereocenters. The summed E-state index contributed by atoms with van der Waals surface area (Å²) in [5.74, 6) is -0.436. The van der Waals surface area contributed by atoms with E-state index in [2.05, 4.69) is 5.32 Å². The summed E-state index contributed by atoms with van der Waals surface area (Å²) in [7, 11) is 1.57. The number of ether oxygens (including phenoxy) is 2. The van der Waals surface area contributed by atoms with Crippen molar-refractivity contribution in [2.24, 2.45) is 0 Å². The predicted octanol–water partition coefficient (Wildman–Crippen LogP) is 4.20. The summed E-state index contributed by atoms with van der Waals surface area (Å²) in [6.45, 7) is -0.436. The lowest BCUT2D eigenvalue weighted by Crippen LogP contribution is -2.20. The summed E-state index contributed by atoms with van der Waals surface area (Å²) in [5, 5.41) is 3.07. The molecule has 0 aliphatic carbocycles. The fourth-order valence-electron chi connectivity index (χ4n) is 1.85. The molecule has 0 bridgehead atoms. The molecule has 0 radical (unpaired) electrons. The summed E-state index contributed by atoms with van der Waals surface area (Å²) < 4.78 is 9.92. The molecule has 0 spiro atoms. The van der Waals surface area contributed by atoms with Gasteiger partial charge in [-0.05, 0) is 35.9 Å². The molecule has 0 aliphatic rings. The van der Waals surface area contributed by atoms with Crippen molar-refractivity contribution < 1.29 is 19.1 Å². The summed E-state index contributed by atoms with van der Waals surface area (Å²) in [6.07, 6.45) is 2.81. The minimum absolute atomic E-state index is 0.225. The second-order valence-corrected chi connectivity index (χ2v) is 5.65. The second-order valence-electron chi connectivity index (χ2n) is 4.86. The van der Waals surface area contributed by atoms with Gasteiger partial charge in [0.25, 0.3) is 5.91 Å². The van der Waals surface area contributed by atoms with Crippen LogP contribution in [0.1, 0.15) is 5.56 Å². The number of carbonyl (C=O) groups excluding carboxylic acids is 2. The van der Waals surface area contributed by atoms with E-state index in [0.29, 0.717) is 10.7 Å². The van der Waals surface area contributed by atoms with Gasteiger partial charge in [0.1, 0.15) is 5.75 Å². The number of esters is 1. The number of benzene rings is 2. The van der Waals surface area contributed by atoms with E-state index < -0.39 is 18.5 Å². The first kappa shape index (κ1) is 18.8. The maximum atomic E-state index is 11.8. The third-order valence-corrected chi connectivity index (χ3v) is 3.92. The number of carbonyl (C=O) groups is 2. The molecule has 1 N–H and O–H groups in total. The Morgan fingerprint density at radius 3 is 2.52 bits per heavy atom. The molecular formula is C18H15Cl2NO4. The Morgan fingerprint density at radius 2 is 1.84 bits per heavy atom. The van der Waals surface area contributed by atoms with Crippen molar-refractivity contribution in [3.8, 4) is 5.75 Å². The highest BCUT2D eigenvalue weighted by Crippen LogP contribution is 2.29. The van der Waals surface area contributed by atoms with Crippen LogP contribution < -0.4 is 10.1 Å². The number of methoxy groups -OCH3 is 1. The van der Waals surface area contributed by atoms with Crippen molar-refractivity contribution in [3.63, 3.8) is 0 Å². The van der Waals surface area contributed by atoms with Crippen molar-refractivity contribution in [3.05, 3.63) is 64.1 Å². The first-order chi connectivity index (χ1) is 12.0. The first-order valence-electron chi connectivity index (χ1n) is 7.22. The highest BCUT2D eigenvalue weighted by molar-refractivity contribution is 6.44. The molecule has 5 nitrogen and oxygen atoms in total. The third-order valence-electron chi connectivity index (χ3n) is 3.10. The SMILES string of the molecule is COc1ccc(C=CC(=O)OCC(=O)Nc2cccc(Cl)c2Cl)cc1. The highest BCUT2D eigenvalue weighted by Gasteiger charge is 2.09. The maximum Gasteiger partial charge on any atom is 0.331 e. The van der Waals surface area contributed by atoms with Gasteiger partial charge in [-0.1, -0.05) is 41.4 Å². The molecule has 130 valence electrons. The zero-order valence-electron chi connectivity index (χ0n) is 13.3. The molecule has 0 heterocycles. The topological polar surface area (TPSA) is 64.6 Å². The summed E-state index contributed by atoms with van der Waals surface area (Å²) >= 11 is 11.8. The minimum Gasteiger partial charge on any atom is -0.497 e. The lowest BCUT2D eigenvalue weighted by Gasteiger charge is -2.08. The molecule has 0 aliphatic heterocycles. The Bertz CT molecular complexity index is 788. The van der Waals surface area contributed by atoms with Crippen molar-refractivity contribution >= 4 is 46.8 Å². The average molecular weight is 380 g/mol. The molecule has 0 saturated carbocycles. The monoisotopic (exact) mass is 379 g/mol. The van der Waals surface area contributed by atoms with E-state index in [9.17, 15) is 9.59 Å². The van der Waals surface area contributed by atoms with Gasteiger partial charge >= 0.3 is 5.97 Å². The van der Waals surface area contributed by atoms with E-state index in [1.54, 1.807) is 55.7 Å². The Labute approximate surface area is 155 Å². The molecule has 25 heavy (non-hydrogen) atoms. The first-order valence-corrected chi connectivity index (χ1v) is 7.98. The number of nitrogens with one attached hydrogen (secondary N) is 1. The van der Waals surface area contributed by atoms with E-state index in [1.165, 1.54) is 6.08 Å². The fraction of sp³-hybridized carbons (Fsp3) is 0.111. The van der Waals surface area contributed by atoms with Crippen LogP contribution in [0.15, 0.2) is 48.5 Å². The number of hydrogen-bond donors (Lipinski definition) is 1. The minimum atomic E-state index is -0.636. The van der Waals surface area contributed by atoms with Gasteiger partial charge in [0.05, 0.1) is 22.8 Å². The molecule has 2 aromatic carbocycles. The molecule has 0 atom stereocenters. The van der Waals surface area contributed by atoms with Gasteiger partial charge < -0.3 is 14.8 Å². The van der Waals surface area contributed by atoms with Crippen LogP contribution in [-0.2, 0) is 14.3 Å². The standard InChI is InChI=1S/C18H15Cl2NO4/c1-24-13-8-5-12(6-9-13)7-10-17(23)25-11-16(22)21-15-4-2-3-14(19)18(15)20/h2-10H,11H2,1H3,(H,21,22). The number of halogens is 2. The number of rotatable bonds is 6. The predicted molar refractivity (Wildman–Crippen MR) is 98.1 cm³/mol. The Kier molecular flexibility index (Phi) is 6.86. The number of anilines is 1. The molecule has 2 aromatic rings. The van der Waals surface area contributed by atoms with Gasteiger partial charge in [-0.2, -0.15) is 0 Å². The fourth-order valence-corrected chi connectivity index (χ4v) is 2.20. The third kappa shape index (κ3) is 5.81. The molecule has 1 amide bonds. The highest BCUT2D eigenvalue weighted by atomic mass is 35.5. The van der Waals surface area contributed by atoms with Crippen LogP contribution in [0.2, 0.25) is 10.0 Å². The zero-order valence-corrected chi connectivity index (χ0v) is 14.8. The van der Waals surface area contributed by atoms with E-state index in [4.69, 9.17) is 32.7 Å². The molecule has 0 fully saturated rings. The lowest BCUT2D eigenvalue weighted by molar-refractivity contribution is -0.142. The lowest BCUT2D eigenvalue weighted by atomic mass is 10.2. The molecule has 7 heteroatoms. The molecular weight excluding hydrogens is 365 g/mol. The van der Waals surface area contributed by atoms with Crippen molar-refractivity contribution in [2.75, 3.05) is 19.0 Å². The summed E-state index contributed by atoms with van der Waals surface area (Å²) in [4.78, 5) is 23.5. The Hall–Kier alpha value is -2.50. The van der Waals surface area contributed by atoms with Gasteiger partial charge in [-0.25, -0.2) is 4.79 Å². The van der Waals surface area contributed by atoms with Crippen molar-refractivity contribution in [2.45, 2.75) is 0 Å².